The molecular formula is C9H22N4. The van der Waals surface area contributed by atoms with E-state index in [1.807, 2.05) is 0 Å². The molecule has 3 fully saturated rings. The molecule has 78 valence electrons. The lowest BCUT2D eigenvalue weighted by atomic mass is 10.2. The summed E-state index contributed by atoms with van der Waals surface area (Å²) in [6.45, 7) is 9.35. The Balaban J connectivity index is 0.000000149. The number of nitrogens with two attached hydrogens (primary N) is 2. The molecule has 4 N–H and O–H groups in total. The minimum absolute atomic E-state index is 0.719. The van der Waals surface area contributed by atoms with E-state index < -0.39 is 0 Å². The maximum atomic E-state index is 5.06. The van der Waals surface area contributed by atoms with E-state index >= 15 is 0 Å². The average molecular weight is 186 g/mol. The van der Waals surface area contributed by atoms with E-state index in [-0.39, 0.29) is 0 Å². The van der Waals surface area contributed by atoms with Gasteiger partial charge in [-0.25, -0.2) is 0 Å². The first-order chi connectivity index (χ1) is 6.36. The molecule has 3 rings (SSSR count). The Morgan fingerprint density at radius 2 is 1.00 bits per heavy atom. The Morgan fingerprint density at radius 3 is 1.08 bits per heavy atom. The molecule has 2 bridgehead atoms. The minimum Gasteiger partial charge on any atom is -0.330 e. The molecule has 0 aromatic heterocycles. The van der Waals surface area contributed by atoms with E-state index in [0.717, 1.165) is 19.5 Å². The van der Waals surface area contributed by atoms with Gasteiger partial charge in [0.2, 0.25) is 0 Å². The smallest absolute Gasteiger partial charge is 0.0110 e. The Bertz CT molecular complexity index is 95.8. The Kier molecular flexibility index (Phi) is 5.31. The Hall–Kier alpha value is -0.160. The van der Waals surface area contributed by atoms with Crippen LogP contribution in [0.4, 0.5) is 0 Å². The number of hydrogen-bond acceptors (Lipinski definition) is 4. The summed E-state index contributed by atoms with van der Waals surface area (Å²) in [7, 11) is 0. The monoisotopic (exact) mass is 186 g/mol. The summed E-state index contributed by atoms with van der Waals surface area (Å²) >= 11 is 0. The van der Waals surface area contributed by atoms with Gasteiger partial charge >= 0.3 is 0 Å². The van der Waals surface area contributed by atoms with Crippen LogP contribution in [-0.2, 0) is 0 Å². The van der Waals surface area contributed by atoms with E-state index in [2.05, 4.69) is 9.80 Å². The first-order valence-electron chi connectivity index (χ1n) is 5.21. The van der Waals surface area contributed by atoms with Gasteiger partial charge in [-0.05, 0) is 19.5 Å². The molecule has 4 heteroatoms. The highest BCUT2D eigenvalue weighted by Crippen LogP contribution is 2.06. The molecule has 3 heterocycles. The molecule has 0 aromatic carbocycles. The van der Waals surface area contributed by atoms with Crippen molar-refractivity contribution in [2.45, 2.75) is 6.42 Å². The Morgan fingerprint density at radius 1 is 0.692 bits per heavy atom. The van der Waals surface area contributed by atoms with Crippen LogP contribution in [0.3, 0.4) is 0 Å². The zero-order valence-electron chi connectivity index (χ0n) is 8.41. The average Bonchev–Trinajstić information content (AvgIpc) is 2.23. The van der Waals surface area contributed by atoms with Crippen molar-refractivity contribution in [3.05, 3.63) is 0 Å². The van der Waals surface area contributed by atoms with Gasteiger partial charge in [-0.15, -0.1) is 0 Å². The van der Waals surface area contributed by atoms with Crippen LogP contribution in [0.25, 0.3) is 0 Å². The molecule has 0 saturated carbocycles. The first kappa shape index (κ1) is 10.9. The van der Waals surface area contributed by atoms with Crippen molar-refractivity contribution in [3.8, 4) is 0 Å². The summed E-state index contributed by atoms with van der Waals surface area (Å²) in [6, 6.07) is 0. The highest BCUT2D eigenvalue weighted by molar-refractivity contribution is 4.78. The van der Waals surface area contributed by atoms with Gasteiger partial charge in [-0.2, -0.15) is 0 Å². The first-order valence-corrected chi connectivity index (χ1v) is 5.21. The van der Waals surface area contributed by atoms with Crippen molar-refractivity contribution in [2.24, 2.45) is 11.5 Å². The van der Waals surface area contributed by atoms with Crippen molar-refractivity contribution in [1.29, 1.82) is 0 Å². The molecule has 0 spiro atoms. The summed E-state index contributed by atoms with van der Waals surface area (Å²) in [5.41, 5.74) is 10.1. The fourth-order valence-corrected chi connectivity index (χ4v) is 1.64. The van der Waals surface area contributed by atoms with Crippen LogP contribution in [0, 0.1) is 0 Å². The number of fused-ring (bicyclic) bond motifs is 3. The predicted octanol–water partition coefficient (Wildman–Crippen LogP) is -1.09. The third kappa shape index (κ3) is 4.04. The number of piperazine rings is 3. The van der Waals surface area contributed by atoms with Gasteiger partial charge in [0.25, 0.3) is 0 Å². The number of hydrogen-bond donors (Lipinski definition) is 2. The molecule has 3 saturated heterocycles. The highest BCUT2D eigenvalue weighted by atomic mass is 15.3. The fourth-order valence-electron chi connectivity index (χ4n) is 1.64. The minimum atomic E-state index is 0.719. The predicted molar refractivity (Wildman–Crippen MR) is 55.6 cm³/mol. The van der Waals surface area contributed by atoms with E-state index in [0.29, 0.717) is 0 Å². The molecule has 0 atom stereocenters. The maximum absolute atomic E-state index is 5.06. The van der Waals surface area contributed by atoms with Crippen LogP contribution >= 0.6 is 0 Å². The molecule has 0 amide bonds. The standard InChI is InChI=1S/C6H12N2.C3H10N2/c1-2-8-5-3-7(1)4-6-8;4-2-1-3-5/h1-6H2;1-5H2. The lowest BCUT2D eigenvalue weighted by molar-refractivity contribution is 0.0647. The summed E-state index contributed by atoms with van der Waals surface area (Å²) in [4.78, 5) is 5.08. The van der Waals surface area contributed by atoms with Crippen molar-refractivity contribution < 1.29 is 0 Å². The second kappa shape index (κ2) is 6.32. The van der Waals surface area contributed by atoms with E-state index in [1.54, 1.807) is 0 Å². The lowest BCUT2D eigenvalue weighted by Gasteiger charge is -2.41. The van der Waals surface area contributed by atoms with Gasteiger partial charge in [0.15, 0.2) is 0 Å². The van der Waals surface area contributed by atoms with Gasteiger partial charge in [-0.3, -0.25) is 9.80 Å². The van der Waals surface area contributed by atoms with Crippen molar-refractivity contribution >= 4 is 0 Å². The third-order valence-electron chi connectivity index (χ3n) is 2.61. The second-order valence-electron chi connectivity index (χ2n) is 3.61. The molecule has 3 aliphatic heterocycles. The zero-order chi connectivity index (χ0) is 9.52. The second-order valence-corrected chi connectivity index (χ2v) is 3.61. The van der Waals surface area contributed by atoms with Crippen LogP contribution in [-0.4, -0.2) is 62.2 Å². The topological polar surface area (TPSA) is 58.5 Å². The van der Waals surface area contributed by atoms with Crippen molar-refractivity contribution in [1.82, 2.24) is 9.80 Å². The largest absolute Gasteiger partial charge is 0.330 e. The summed E-state index contributed by atoms with van der Waals surface area (Å²) in [5.74, 6) is 0. The summed E-state index contributed by atoms with van der Waals surface area (Å²) < 4.78 is 0. The van der Waals surface area contributed by atoms with E-state index in [9.17, 15) is 0 Å². The van der Waals surface area contributed by atoms with Crippen LogP contribution in [0.15, 0.2) is 0 Å². The Labute approximate surface area is 80.9 Å². The van der Waals surface area contributed by atoms with Gasteiger partial charge in [0.05, 0.1) is 0 Å². The molecule has 4 nitrogen and oxygen atoms in total. The van der Waals surface area contributed by atoms with Gasteiger partial charge in [0.1, 0.15) is 0 Å². The number of rotatable bonds is 2. The summed E-state index contributed by atoms with van der Waals surface area (Å²) in [6.07, 6.45) is 0.944. The lowest BCUT2D eigenvalue weighted by Crippen LogP contribution is -2.55. The van der Waals surface area contributed by atoms with Gasteiger partial charge in [-0.1, -0.05) is 0 Å². The van der Waals surface area contributed by atoms with E-state index in [4.69, 9.17) is 11.5 Å². The molecule has 0 aromatic rings. The van der Waals surface area contributed by atoms with Gasteiger partial charge in [0, 0.05) is 39.3 Å². The van der Waals surface area contributed by atoms with E-state index in [1.165, 1.54) is 39.3 Å². The molecular weight excluding hydrogens is 164 g/mol. The third-order valence-corrected chi connectivity index (χ3v) is 2.61. The zero-order valence-corrected chi connectivity index (χ0v) is 8.41. The highest BCUT2D eigenvalue weighted by Gasteiger charge is 2.21. The van der Waals surface area contributed by atoms with Crippen LogP contribution < -0.4 is 11.5 Å². The molecule has 3 aliphatic rings. The molecule has 0 unspecified atom stereocenters. The van der Waals surface area contributed by atoms with Crippen molar-refractivity contribution in [2.75, 3.05) is 52.4 Å². The number of nitrogens with zero attached hydrogens (tertiary/aromatic N) is 2. The van der Waals surface area contributed by atoms with Gasteiger partial charge < -0.3 is 11.5 Å². The maximum Gasteiger partial charge on any atom is 0.0110 e. The van der Waals surface area contributed by atoms with Crippen LogP contribution in [0.5, 0.6) is 0 Å². The molecule has 0 radical (unpaired) electrons. The SMILES string of the molecule is C1CN2CCN1CC2.NCCCN. The normalized spacial score (nSPS) is 30.9. The van der Waals surface area contributed by atoms with Crippen LogP contribution in [0.2, 0.25) is 0 Å². The summed E-state index contributed by atoms with van der Waals surface area (Å²) in [5, 5.41) is 0. The molecule has 13 heavy (non-hydrogen) atoms. The fraction of sp³-hybridized carbons (Fsp3) is 1.00. The molecule has 0 aliphatic carbocycles. The van der Waals surface area contributed by atoms with Crippen molar-refractivity contribution in [3.63, 3.8) is 0 Å². The quantitative estimate of drug-likeness (QED) is 0.575. The van der Waals surface area contributed by atoms with Crippen LogP contribution in [0.1, 0.15) is 6.42 Å².